The third-order valence-corrected chi connectivity index (χ3v) is 4.36. The summed E-state index contributed by atoms with van der Waals surface area (Å²) in [5.41, 5.74) is -0.263. The molecule has 1 saturated heterocycles. The SMILES string of the molecule is CON1CCC(O)C(C)(C)C1(C)C.O=CCCS. The second-order valence-corrected chi connectivity index (χ2v) is 6.00. The van der Waals surface area contributed by atoms with E-state index in [9.17, 15) is 9.90 Å². The summed E-state index contributed by atoms with van der Waals surface area (Å²) in [4.78, 5) is 14.7. The van der Waals surface area contributed by atoms with Gasteiger partial charge in [-0.1, -0.05) is 13.8 Å². The zero-order valence-corrected chi connectivity index (χ0v) is 13.0. The van der Waals surface area contributed by atoms with Crippen molar-refractivity contribution in [3.63, 3.8) is 0 Å². The molecule has 0 aromatic heterocycles. The van der Waals surface area contributed by atoms with E-state index in [0.29, 0.717) is 12.2 Å². The number of nitrogens with zero attached hydrogens (tertiary/aromatic N) is 1. The molecule has 1 aliphatic rings. The number of piperidine rings is 1. The number of aliphatic hydroxyl groups is 1. The van der Waals surface area contributed by atoms with Crippen LogP contribution < -0.4 is 0 Å². The smallest absolute Gasteiger partial charge is 0.120 e. The van der Waals surface area contributed by atoms with Gasteiger partial charge in [0.2, 0.25) is 0 Å². The van der Waals surface area contributed by atoms with Crippen molar-refractivity contribution in [2.45, 2.75) is 52.2 Å². The molecule has 0 aliphatic carbocycles. The molecule has 0 saturated carbocycles. The fraction of sp³-hybridized carbons (Fsp3) is 0.923. The highest BCUT2D eigenvalue weighted by molar-refractivity contribution is 7.80. The molecule has 1 rings (SSSR count). The third kappa shape index (κ3) is 3.95. The Hall–Kier alpha value is -0.100. The van der Waals surface area contributed by atoms with Gasteiger partial charge in [-0.25, -0.2) is 0 Å². The molecular formula is C13H27NO3S. The number of carbonyl (C=O) groups excluding carboxylic acids is 1. The molecule has 18 heavy (non-hydrogen) atoms. The summed E-state index contributed by atoms with van der Waals surface area (Å²) in [6.07, 6.45) is 1.97. The Bertz CT molecular complexity index is 257. The van der Waals surface area contributed by atoms with Crippen molar-refractivity contribution in [1.29, 1.82) is 0 Å². The van der Waals surface area contributed by atoms with Gasteiger partial charge in [0.25, 0.3) is 0 Å². The van der Waals surface area contributed by atoms with Gasteiger partial charge in [0, 0.05) is 23.9 Å². The van der Waals surface area contributed by atoms with E-state index in [0.717, 1.165) is 19.3 Å². The number of rotatable bonds is 3. The summed E-state index contributed by atoms with van der Waals surface area (Å²) in [6, 6.07) is 0. The minimum Gasteiger partial charge on any atom is -0.392 e. The monoisotopic (exact) mass is 277 g/mol. The van der Waals surface area contributed by atoms with E-state index in [-0.39, 0.29) is 17.1 Å². The molecule has 5 heteroatoms. The fourth-order valence-electron chi connectivity index (χ4n) is 1.98. The topological polar surface area (TPSA) is 49.8 Å². The highest BCUT2D eigenvalue weighted by Gasteiger charge is 2.50. The summed E-state index contributed by atoms with van der Waals surface area (Å²) in [5, 5.41) is 11.9. The van der Waals surface area contributed by atoms with Gasteiger partial charge in [-0.05, 0) is 26.0 Å². The van der Waals surface area contributed by atoms with Gasteiger partial charge in [0.05, 0.1) is 13.2 Å². The molecule has 1 atom stereocenters. The maximum absolute atomic E-state index is 9.90. The van der Waals surface area contributed by atoms with E-state index in [4.69, 9.17) is 4.84 Å². The number of aldehydes is 1. The first-order chi connectivity index (χ1) is 8.25. The van der Waals surface area contributed by atoms with Crippen LogP contribution in [0.1, 0.15) is 40.5 Å². The lowest BCUT2D eigenvalue weighted by Gasteiger charge is -2.54. The summed E-state index contributed by atoms with van der Waals surface area (Å²) in [6.45, 7) is 9.19. The number of thiol groups is 1. The number of carbonyl (C=O) groups is 1. The summed E-state index contributed by atoms with van der Waals surface area (Å²) in [7, 11) is 1.69. The lowest BCUT2D eigenvalue weighted by molar-refractivity contribution is -0.263. The minimum absolute atomic E-state index is 0.126. The van der Waals surface area contributed by atoms with Crippen molar-refractivity contribution in [3.8, 4) is 0 Å². The van der Waals surface area contributed by atoms with Crippen LogP contribution in [0.5, 0.6) is 0 Å². The van der Waals surface area contributed by atoms with Gasteiger partial charge < -0.3 is 14.7 Å². The van der Waals surface area contributed by atoms with E-state index in [1.807, 2.05) is 5.06 Å². The Morgan fingerprint density at radius 1 is 1.44 bits per heavy atom. The zero-order valence-electron chi connectivity index (χ0n) is 12.1. The maximum Gasteiger partial charge on any atom is 0.120 e. The van der Waals surface area contributed by atoms with Crippen molar-refractivity contribution >= 4 is 18.9 Å². The van der Waals surface area contributed by atoms with Crippen LogP contribution in [0.15, 0.2) is 0 Å². The predicted molar refractivity (Wildman–Crippen MR) is 76.7 cm³/mol. The van der Waals surface area contributed by atoms with E-state index in [2.05, 4.69) is 40.3 Å². The lowest BCUT2D eigenvalue weighted by Crippen LogP contribution is -2.62. The van der Waals surface area contributed by atoms with Crippen molar-refractivity contribution < 1.29 is 14.7 Å². The molecule has 0 bridgehead atoms. The average molecular weight is 277 g/mol. The molecule has 4 nitrogen and oxygen atoms in total. The molecule has 1 fully saturated rings. The van der Waals surface area contributed by atoms with Crippen LogP contribution in [0, 0.1) is 5.41 Å². The fourth-order valence-corrected chi connectivity index (χ4v) is 2.09. The Labute approximate surface area is 116 Å². The first kappa shape index (κ1) is 17.9. The standard InChI is InChI=1S/C10H21NO2.C3H6OS/c1-9(2)8(12)6-7-11(13-5)10(9,3)4;4-2-1-3-5/h8,12H,6-7H2,1-5H3;2,5H,1,3H2. The zero-order chi connectivity index (χ0) is 14.4. The Kier molecular flexibility index (Phi) is 7.44. The number of aliphatic hydroxyl groups excluding tert-OH is 1. The van der Waals surface area contributed by atoms with E-state index in [1.165, 1.54) is 0 Å². The van der Waals surface area contributed by atoms with Gasteiger partial charge in [0.15, 0.2) is 0 Å². The lowest BCUT2D eigenvalue weighted by atomic mass is 9.67. The second-order valence-electron chi connectivity index (χ2n) is 5.55. The predicted octanol–water partition coefficient (Wildman–Crippen LogP) is 1.92. The van der Waals surface area contributed by atoms with Crippen LogP contribution in [0.3, 0.4) is 0 Å². The molecule has 0 radical (unpaired) electrons. The van der Waals surface area contributed by atoms with Gasteiger partial charge >= 0.3 is 0 Å². The Morgan fingerprint density at radius 3 is 2.33 bits per heavy atom. The van der Waals surface area contributed by atoms with Gasteiger partial charge in [0.1, 0.15) is 6.29 Å². The number of hydrogen-bond acceptors (Lipinski definition) is 5. The van der Waals surface area contributed by atoms with Crippen molar-refractivity contribution in [2.75, 3.05) is 19.4 Å². The average Bonchev–Trinajstić information content (AvgIpc) is 2.29. The quantitative estimate of drug-likeness (QED) is 0.611. The van der Waals surface area contributed by atoms with Gasteiger partial charge in [-0.3, -0.25) is 0 Å². The second kappa shape index (κ2) is 7.48. The van der Waals surface area contributed by atoms with Gasteiger partial charge in [-0.2, -0.15) is 17.7 Å². The molecule has 0 spiro atoms. The first-order valence-electron chi connectivity index (χ1n) is 6.30. The van der Waals surface area contributed by atoms with Crippen LogP contribution in [0.25, 0.3) is 0 Å². The summed E-state index contributed by atoms with van der Waals surface area (Å²) >= 11 is 3.77. The van der Waals surface area contributed by atoms with Crippen molar-refractivity contribution in [3.05, 3.63) is 0 Å². The van der Waals surface area contributed by atoms with Crippen molar-refractivity contribution in [2.24, 2.45) is 5.41 Å². The molecule has 0 amide bonds. The molecule has 1 unspecified atom stereocenters. The Morgan fingerprint density at radius 2 is 2.00 bits per heavy atom. The summed E-state index contributed by atoms with van der Waals surface area (Å²) in [5.74, 6) is 0.670. The van der Waals surface area contributed by atoms with E-state index < -0.39 is 0 Å². The van der Waals surface area contributed by atoms with E-state index in [1.54, 1.807) is 7.11 Å². The molecular weight excluding hydrogens is 250 g/mol. The maximum atomic E-state index is 9.90. The van der Waals surface area contributed by atoms with Crippen LogP contribution in [-0.4, -0.2) is 47.5 Å². The first-order valence-corrected chi connectivity index (χ1v) is 6.93. The molecule has 0 aromatic rings. The highest BCUT2D eigenvalue weighted by atomic mass is 32.1. The number of hydroxylamine groups is 2. The van der Waals surface area contributed by atoms with Crippen LogP contribution in [0.4, 0.5) is 0 Å². The van der Waals surface area contributed by atoms with Crippen LogP contribution >= 0.6 is 12.6 Å². The molecule has 108 valence electrons. The Balaban J connectivity index is 0.000000494. The normalized spacial score (nSPS) is 26.1. The largest absolute Gasteiger partial charge is 0.392 e. The van der Waals surface area contributed by atoms with Crippen molar-refractivity contribution in [1.82, 2.24) is 5.06 Å². The molecule has 1 aliphatic heterocycles. The van der Waals surface area contributed by atoms with Crippen LogP contribution in [-0.2, 0) is 9.63 Å². The van der Waals surface area contributed by atoms with Crippen LogP contribution in [0.2, 0.25) is 0 Å². The van der Waals surface area contributed by atoms with E-state index >= 15 is 0 Å². The number of hydrogen-bond donors (Lipinski definition) is 2. The highest BCUT2D eigenvalue weighted by Crippen LogP contribution is 2.43. The minimum atomic E-state index is -0.242. The third-order valence-electron chi connectivity index (χ3n) is 4.11. The summed E-state index contributed by atoms with van der Waals surface area (Å²) < 4.78 is 0. The molecule has 1 heterocycles. The molecule has 1 N–H and O–H groups in total. The van der Waals surface area contributed by atoms with Gasteiger partial charge in [-0.15, -0.1) is 0 Å². The molecule has 0 aromatic carbocycles.